The summed E-state index contributed by atoms with van der Waals surface area (Å²) < 4.78 is 6.13. The number of ether oxygens (including phenoxy) is 1. The van der Waals surface area contributed by atoms with Crippen LogP contribution in [0.25, 0.3) is 0 Å². The zero-order chi connectivity index (χ0) is 15.5. The average molecular weight is 294 g/mol. The van der Waals surface area contributed by atoms with Crippen molar-refractivity contribution >= 4 is 5.97 Å². The normalized spacial score (nSPS) is 43.9. The SMILES string of the molecule is CCC(C)(C(=O)OC12CC3CC(CC(O)(C3)C1)C2)C(C)C. The van der Waals surface area contributed by atoms with Crippen molar-refractivity contribution in [1.29, 1.82) is 0 Å². The van der Waals surface area contributed by atoms with Crippen molar-refractivity contribution in [3.05, 3.63) is 0 Å². The van der Waals surface area contributed by atoms with E-state index in [9.17, 15) is 9.90 Å². The highest BCUT2D eigenvalue weighted by atomic mass is 16.6. The van der Waals surface area contributed by atoms with Gasteiger partial charge in [-0.1, -0.05) is 20.8 Å². The summed E-state index contributed by atoms with van der Waals surface area (Å²) >= 11 is 0. The topological polar surface area (TPSA) is 46.5 Å². The molecule has 4 saturated carbocycles. The zero-order valence-corrected chi connectivity index (χ0v) is 13.9. The van der Waals surface area contributed by atoms with E-state index >= 15 is 0 Å². The number of hydrogen-bond acceptors (Lipinski definition) is 3. The van der Waals surface area contributed by atoms with E-state index in [1.165, 1.54) is 6.42 Å². The van der Waals surface area contributed by atoms with Gasteiger partial charge in [-0.15, -0.1) is 0 Å². The zero-order valence-electron chi connectivity index (χ0n) is 13.9. The summed E-state index contributed by atoms with van der Waals surface area (Å²) in [5.41, 5.74) is -1.35. The third-order valence-corrected chi connectivity index (χ3v) is 6.76. The molecule has 0 aromatic rings. The molecule has 4 fully saturated rings. The first-order valence-corrected chi connectivity index (χ1v) is 8.66. The summed E-state index contributed by atoms with van der Waals surface area (Å²) in [6.45, 7) is 8.28. The Hall–Kier alpha value is -0.570. The maximum absolute atomic E-state index is 12.8. The lowest BCUT2D eigenvalue weighted by molar-refractivity contribution is -0.227. The molecule has 1 N–H and O–H groups in total. The number of rotatable bonds is 4. The van der Waals surface area contributed by atoms with Crippen LogP contribution in [0.15, 0.2) is 0 Å². The van der Waals surface area contributed by atoms with E-state index in [2.05, 4.69) is 20.8 Å². The Morgan fingerprint density at radius 3 is 2.29 bits per heavy atom. The fourth-order valence-electron chi connectivity index (χ4n) is 5.35. The Morgan fingerprint density at radius 1 is 1.29 bits per heavy atom. The van der Waals surface area contributed by atoms with E-state index in [1.807, 2.05) is 6.92 Å². The number of hydrogen-bond donors (Lipinski definition) is 1. The molecule has 21 heavy (non-hydrogen) atoms. The number of esters is 1. The Labute approximate surface area is 128 Å². The van der Waals surface area contributed by atoms with Gasteiger partial charge in [-0.05, 0) is 63.2 Å². The van der Waals surface area contributed by atoms with Crippen LogP contribution in [0.4, 0.5) is 0 Å². The first-order chi connectivity index (χ1) is 9.70. The highest BCUT2D eigenvalue weighted by molar-refractivity contribution is 5.77. The van der Waals surface area contributed by atoms with E-state index in [-0.39, 0.29) is 17.5 Å². The maximum Gasteiger partial charge on any atom is 0.312 e. The van der Waals surface area contributed by atoms with E-state index in [0.29, 0.717) is 18.3 Å². The smallest absolute Gasteiger partial charge is 0.312 e. The summed E-state index contributed by atoms with van der Waals surface area (Å²) in [6.07, 6.45) is 6.45. The maximum atomic E-state index is 12.8. The Balaban J connectivity index is 1.80. The van der Waals surface area contributed by atoms with Gasteiger partial charge in [0.1, 0.15) is 5.60 Å². The molecular formula is C18H30O3. The Bertz CT molecular complexity index is 428. The molecule has 4 rings (SSSR count). The van der Waals surface area contributed by atoms with Crippen LogP contribution in [0.2, 0.25) is 0 Å². The van der Waals surface area contributed by atoms with Gasteiger partial charge in [-0.3, -0.25) is 4.79 Å². The van der Waals surface area contributed by atoms with E-state index in [1.54, 1.807) is 0 Å². The van der Waals surface area contributed by atoms with Gasteiger partial charge in [0.2, 0.25) is 0 Å². The minimum Gasteiger partial charge on any atom is -0.459 e. The summed E-state index contributed by atoms with van der Waals surface area (Å²) in [5, 5.41) is 10.8. The molecule has 4 bridgehead atoms. The van der Waals surface area contributed by atoms with Crippen molar-refractivity contribution in [1.82, 2.24) is 0 Å². The molecule has 4 aliphatic carbocycles. The van der Waals surface area contributed by atoms with Crippen molar-refractivity contribution < 1.29 is 14.6 Å². The standard InChI is InChI=1S/C18H30O3/c1-5-16(4,12(2)3)15(19)21-18-9-13-6-14(10-18)8-17(20,7-13)11-18/h12-14,20H,5-11H2,1-4H3. The second-order valence-corrected chi connectivity index (χ2v) is 8.68. The van der Waals surface area contributed by atoms with E-state index in [0.717, 1.165) is 32.1 Å². The lowest BCUT2D eigenvalue weighted by atomic mass is 9.52. The van der Waals surface area contributed by atoms with Gasteiger partial charge >= 0.3 is 5.97 Å². The van der Waals surface area contributed by atoms with Crippen LogP contribution in [0, 0.1) is 23.2 Å². The van der Waals surface area contributed by atoms with Gasteiger partial charge in [0, 0.05) is 6.42 Å². The second kappa shape index (κ2) is 4.71. The molecule has 120 valence electrons. The van der Waals surface area contributed by atoms with Crippen molar-refractivity contribution in [3.63, 3.8) is 0 Å². The third-order valence-electron chi connectivity index (χ3n) is 6.76. The number of aliphatic hydroxyl groups is 1. The monoisotopic (exact) mass is 294 g/mol. The van der Waals surface area contributed by atoms with Gasteiger partial charge in [-0.25, -0.2) is 0 Å². The molecule has 0 aromatic carbocycles. The van der Waals surface area contributed by atoms with Crippen LogP contribution in [0.1, 0.15) is 72.6 Å². The van der Waals surface area contributed by atoms with Crippen LogP contribution in [0.3, 0.4) is 0 Å². The molecule has 4 aliphatic rings. The highest BCUT2D eigenvalue weighted by Crippen LogP contribution is 2.59. The molecule has 0 aliphatic heterocycles. The summed E-state index contributed by atoms with van der Waals surface area (Å²) in [6, 6.07) is 0. The van der Waals surface area contributed by atoms with Gasteiger partial charge < -0.3 is 9.84 Å². The van der Waals surface area contributed by atoms with Gasteiger partial charge in [-0.2, -0.15) is 0 Å². The minimum atomic E-state index is -0.565. The molecule has 0 amide bonds. The summed E-state index contributed by atoms with van der Waals surface area (Å²) in [7, 11) is 0. The van der Waals surface area contributed by atoms with Crippen molar-refractivity contribution in [2.24, 2.45) is 23.2 Å². The second-order valence-electron chi connectivity index (χ2n) is 8.68. The molecule has 0 radical (unpaired) electrons. The van der Waals surface area contributed by atoms with E-state index < -0.39 is 11.0 Å². The molecule has 0 saturated heterocycles. The fourth-order valence-corrected chi connectivity index (χ4v) is 5.35. The minimum absolute atomic E-state index is 0.0504. The van der Waals surface area contributed by atoms with Crippen LogP contribution >= 0.6 is 0 Å². The molecule has 3 nitrogen and oxygen atoms in total. The van der Waals surface area contributed by atoms with E-state index in [4.69, 9.17) is 4.74 Å². The van der Waals surface area contributed by atoms with Gasteiger partial charge in [0.15, 0.2) is 0 Å². The highest BCUT2D eigenvalue weighted by Gasteiger charge is 2.59. The lowest BCUT2D eigenvalue weighted by Gasteiger charge is -2.59. The Kier molecular flexibility index (Phi) is 3.44. The number of carbonyl (C=O) groups excluding carboxylic acids is 1. The molecule has 0 spiro atoms. The molecule has 0 heterocycles. The molecule has 0 aromatic heterocycles. The fraction of sp³-hybridized carbons (Fsp3) is 0.944. The first kappa shape index (κ1) is 15.3. The van der Waals surface area contributed by atoms with Gasteiger partial charge in [0.25, 0.3) is 0 Å². The van der Waals surface area contributed by atoms with Crippen LogP contribution < -0.4 is 0 Å². The largest absolute Gasteiger partial charge is 0.459 e. The third kappa shape index (κ3) is 2.42. The summed E-state index contributed by atoms with van der Waals surface area (Å²) in [5.74, 6) is 1.32. The predicted octanol–water partition coefficient (Wildman–Crippen LogP) is 3.69. The van der Waals surface area contributed by atoms with Crippen molar-refractivity contribution in [3.8, 4) is 0 Å². The molecule has 3 atom stereocenters. The predicted molar refractivity (Wildman–Crippen MR) is 81.7 cm³/mol. The molecular weight excluding hydrogens is 264 g/mol. The number of carbonyl (C=O) groups is 1. The quantitative estimate of drug-likeness (QED) is 0.804. The lowest BCUT2D eigenvalue weighted by Crippen LogP contribution is -2.61. The van der Waals surface area contributed by atoms with Crippen LogP contribution in [-0.2, 0) is 9.53 Å². The molecule has 3 heteroatoms. The summed E-state index contributed by atoms with van der Waals surface area (Å²) in [4.78, 5) is 12.8. The first-order valence-electron chi connectivity index (χ1n) is 8.66. The Morgan fingerprint density at radius 2 is 1.86 bits per heavy atom. The van der Waals surface area contributed by atoms with Crippen LogP contribution in [0.5, 0.6) is 0 Å². The van der Waals surface area contributed by atoms with Crippen molar-refractivity contribution in [2.45, 2.75) is 83.8 Å². The van der Waals surface area contributed by atoms with Crippen LogP contribution in [-0.4, -0.2) is 22.3 Å². The van der Waals surface area contributed by atoms with Crippen molar-refractivity contribution in [2.75, 3.05) is 0 Å². The van der Waals surface area contributed by atoms with Gasteiger partial charge in [0.05, 0.1) is 11.0 Å². The molecule has 3 unspecified atom stereocenters. The average Bonchev–Trinajstić information content (AvgIpc) is 2.33.